The molecule has 0 aromatic heterocycles. The van der Waals surface area contributed by atoms with E-state index in [0.29, 0.717) is 0 Å². The summed E-state index contributed by atoms with van der Waals surface area (Å²) in [6.07, 6.45) is 0. The predicted molar refractivity (Wildman–Crippen MR) is 64.1 cm³/mol. The molecule has 3 nitrogen and oxygen atoms in total. The molecule has 2 rings (SSSR count). The molecule has 0 aliphatic rings. The van der Waals surface area contributed by atoms with Gasteiger partial charge in [0.2, 0.25) is 0 Å². The van der Waals surface area contributed by atoms with Crippen molar-refractivity contribution in [2.24, 2.45) is 0 Å². The molecule has 2 aromatic rings. The molecule has 0 unspecified atom stereocenters. The van der Waals surface area contributed by atoms with Crippen molar-refractivity contribution in [2.45, 2.75) is 6.61 Å². The van der Waals surface area contributed by atoms with Gasteiger partial charge in [0.1, 0.15) is 23.7 Å². The minimum absolute atomic E-state index is 0.0337. The van der Waals surface area contributed by atoms with E-state index in [2.05, 4.69) is 0 Å². The van der Waals surface area contributed by atoms with Gasteiger partial charge in [0, 0.05) is 6.07 Å². The quantitative estimate of drug-likeness (QED) is 0.901. The Balaban J connectivity index is 2.18. The molecule has 0 aliphatic carbocycles. The SMILES string of the molecule is O=C(O)c1ccc(F)cc1OCc1ccccc1. The highest BCUT2D eigenvalue weighted by molar-refractivity contribution is 5.90. The van der Waals surface area contributed by atoms with Crippen LogP contribution in [0, 0.1) is 5.82 Å². The molecule has 0 bridgehead atoms. The van der Waals surface area contributed by atoms with Crippen LogP contribution in [-0.2, 0) is 6.61 Å². The summed E-state index contributed by atoms with van der Waals surface area (Å²) >= 11 is 0. The van der Waals surface area contributed by atoms with Gasteiger partial charge in [0.15, 0.2) is 0 Å². The largest absolute Gasteiger partial charge is 0.488 e. The van der Waals surface area contributed by atoms with Crippen molar-refractivity contribution in [1.82, 2.24) is 0 Å². The molecule has 0 heterocycles. The molecule has 2 aromatic carbocycles. The number of carboxylic acids is 1. The number of carboxylic acid groups (broad SMARTS) is 1. The zero-order chi connectivity index (χ0) is 13.0. The van der Waals surface area contributed by atoms with Crippen LogP contribution in [0.15, 0.2) is 48.5 Å². The monoisotopic (exact) mass is 246 g/mol. The lowest BCUT2D eigenvalue weighted by atomic mass is 10.2. The second-order valence-corrected chi connectivity index (χ2v) is 3.72. The highest BCUT2D eigenvalue weighted by Crippen LogP contribution is 2.21. The molecule has 0 saturated heterocycles. The fraction of sp³-hybridized carbons (Fsp3) is 0.0714. The summed E-state index contributed by atoms with van der Waals surface area (Å²) < 4.78 is 18.4. The van der Waals surface area contributed by atoms with Crippen molar-refractivity contribution in [2.75, 3.05) is 0 Å². The third-order valence-electron chi connectivity index (χ3n) is 2.41. The van der Waals surface area contributed by atoms with Crippen LogP contribution in [0.2, 0.25) is 0 Å². The predicted octanol–water partition coefficient (Wildman–Crippen LogP) is 3.10. The number of halogens is 1. The maximum absolute atomic E-state index is 13.1. The normalized spacial score (nSPS) is 10.1. The Labute approximate surface area is 103 Å². The maximum atomic E-state index is 13.1. The minimum Gasteiger partial charge on any atom is -0.488 e. The van der Waals surface area contributed by atoms with Gasteiger partial charge in [-0.2, -0.15) is 0 Å². The van der Waals surface area contributed by atoms with Crippen molar-refractivity contribution in [3.63, 3.8) is 0 Å². The Hall–Kier alpha value is -2.36. The van der Waals surface area contributed by atoms with Crippen molar-refractivity contribution in [3.05, 3.63) is 65.5 Å². The van der Waals surface area contributed by atoms with Gasteiger partial charge >= 0.3 is 5.97 Å². The van der Waals surface area contributed by atoms with Crippen LogP contribution in [-0.4, -0.2) is 11.1 Å². The van der Waals surface area contributed by atoms with Gasteiger partial charge < -0.3 is 9.84 Å². The first kappa shape index (κ1) is 12.1. The lowest BCUT2D eigenvalue weighted by Crippen LogP contribution is -2.03. The van der Waals surface area contributed by atoms with Crippen LogP contribution in [0.5, 0.6) is 5.75 Å². The Morgan fingerprint density at radius 3 is 2.56 bits per heavy atom. The number of benzene rings is 2. The van der Waals surface area contributed by atoms with E-state index in [9.17, 15) is 9.18 Å². The van der Waals surface area contributed by atoms with Crippen molar-refractivity contribution >= 4 is 5.97 Å². The van der Waals surface area contributed by atoms with E-state index in [-0.39, 0.29) is 17.9 Å². The molecular formula is C14H11FO3. The van der Waals surface area contributed by atoms with E-state index in [1.54, 1.807) is 0 Å². The summed E-state index contributed by atoms with van der Waals surface area (Å²) in [4.78, 5) is 10.9. The number of hydrogen-bond acceptors (Lipinski definition) is 2. The van der Waals surface area contributed by atoms with Gasteiger partial charge in [-0.05, 0) is 17.7 Å². The summed E-state index contributed by atoms with van der Waals surface area (Å²) in [6, 6.07) is 12.6. The van der Waals surface area contributed by atoms with Gasteiger partial charge in [-0.1, -0.05) is 30.3 Å². The molecule has 0 saturated carbocycles. The zero-order valence-corrected chi connectivity index (χ0v) is 9.47. The van der Waals surface area contributed by atoms with E-state index < -0.39 is 11.8 Å². The molecule has 0 spiro atoms. The second-order valence-electron chi connectivity index (χ2n) is 3.72. The molecule has 0 fully saturated rings. The van der Waals surface area contributed by atoms with Crippen LogP contribution in [0.4, 0.5) is 4.39 Å². The average molecular weight is 246 g/mol. The summed E-state index contributed by atoms with van der Waals surface area (Å²) in [5.41, 5.74) is 0.838. The van der Waals surface area contributed by atoms with Crippen molar-refractivity contribution in [1.29, 1.82) is 0 Å². The number of rotatable bonds is 4. The van der Waals surface area contributed by atoms with E-state index in [0.717, 1.165) is 17.7 Å². The molecule has 0 atom stereocenters. The molecule has 0 aliphatic heterocycles. The third-order valence-corrected chi connectivity index (χ3v) is 2.41. The second kappa shape index (κ2) is 5.31. The first-order valence-electron chi connectivity index (χ1n) is 5.36. The maximum Gasteiger partial charge on any atom is 0.339 e. The summed E-state index contributed by atoms with van der Waals surface area (Å²) in [5, 5.41) is 8.95. The van der Waals surface area contributed by atoms with E-state index in [1.165, 1.54) is 6.07 Å². The van der Waals surface area contributed by atoms with Gasteiger partial charge in [-0.15, -0.1) is 0 Å². The number of aromatic carboxylic acids is 1. The molecule has 1 N–H and O–H groups in total. The smallest absolute Gasteiger partial charge is 0.339 e. The Morgan fingerprint density at radius 2 is 1.89 bits per heavy atom. The van der Waals surface area contributed by atoms with Gasteiger partial charge in [0.05, 0.1) is 0 Å². The molecule has 0 amide bonds. The van der Waals surface area contributed by atoms with Crippen molar-refractivity contribution < 1.29 is 19.0 Å². The minimum atomic E-state index is -1.14. The average Bonchev–Trinajstić information content (AvgIpc) is 2.37. The Kier molecular flexibility index (Phi) is 3.57. The molecular weight excluding hydrogens is 235 g/mol. The standard InChI is InChI=1S/C14H11FO3/c15-11-6-7-12(14(16)17)13(8-11)18-9-10-4-2-1-3-5-10/h1-8H,9H2,(H,16,17). The van der Waals surface area contributed by atoms with Crippen LogP contribution >= 0.6 is 0 Å². The molecule has 18 heavy (non-hydrogen) atoms. The highest BCUT2D eigenvalue weighted by Gasteiger charge is 2.12. The summed E-state index contributed by atoms with van der Waals surface area (Å²) in [5.74, 6) is -1.63. The van der Waals surface area contributed by atoms with E-state index >= 15 is 0 Å². The molecule has 4 heteroatoms. The Bertz CT molecular complexity index is 552. The Morgan fingerprint density at radius 1 is 1.17 bits per heavy atom. The summed E-state index contributed by atoms with van der Waals surface area (Å²) in [6.45, 7) is 0.199. The number of carbonyl (C=O) groups is 1. The first-order valence-corrected chi connectivity index (χ1v) is 5.36. The van der Waals surface area contributed by atoms with Gasteiger partial charge in [-0.25, -0.2) is 9.18 Å². The van der Waals surface area contributed by atoms with Crippen LogP contribution < -0.4 is 4.74 Å². The van der Waals surface area contributed by atoms with Gasteiger partial charge in [-0.3, -0.25) is 0 Å². The number of hydrogen-bond donors (Lipinski definition) is 1. The number of ether oxygens (including phenoxy) is 1. The fourth-order valence-corrected chi connectivity index (χ4v) is 1.53. The lowest BCUT2D eigenvalue weighted by Gasteiger charge is -2.09. The lowest BCUT2D eigenvalue weighted by molar-refractivity contribution is 0.0691. The first-order chi connectivity index (χ1) is 8.66. The van der Waals surface area contributed by atoms with Crippen LogP contribution in [0.25, 0.3) is 0 Å². The topological polar surface area (TPSA) is 46.5 Å². The fourth-order valence-electron chi connectivity index (χ4n) is 1.53. The highest BCUT2D eigenvalue weighted by atomic mass is 19.1. The third kappa shape index (κ3) is 2.85. The molecule has 92 valence electrons. The van der Waals surface area contributed by atoms with Gasteiger partial charge in [0.25, 0.3) is 0 Å². The molecule has 0 radical (unpaired) electrons. The zero-order valence-electron chi connectivity index (χ0n) is 9.47. The van der Waals surface area contributed by atoms with E-state index in [4.69, 9.17) is 9.84 Å². The summed E-state index contributed by atoms with van der Waals surface area (Å²) in [7, 11) is 0. The van der Waals surface area contributed by atoms with Crippen molar-refractivity contribution in [3.8, 4) is 5.75 Å². The van der Waals surface area contributed by atoms with Crippen LogP contribution in [0.3, 0.4) is 0 Å². The van der Waals surface area contributed by atoms with E-state index in [1.807, 2.05) is 30.3 Å². The van der Waals surface area contributed by atoms with Crippen LogP contribution in [0.1, 0.15) is 15.9 Å².